The molecular weight excluding hydrogens is 1300 g/mol. The molecule has 468 valence electrons. The quantitative estimate of drug-likeness (QED) is 0.00553. The van der Waals surface area contributed by atoms with Gasteiger partial charge in [-0.25, -0.2) is 30.1 Å². The number of rotatable bonds is 14. The van der Waals surface area contributed by atoms with Crippen LogP contribution in [-0.2, 0) is 37.4 Å². The fraction of sp³-hybridized carbons (Fsp3) is 0.290. The fourth-order valence-corrected chi connectivity index (χ4v) is 7.00. The van der Waals surface area contributed by atoms with Gasteiger partial charge in [0, 0.05) is 40.5 Å². The van der Waals surface area contributed by atoms with Gasteiger partial charge in [-0.1, -0.05) is 34.8 Å². The van der Waals surface area contributed by atoms with Gasteiger partial charge in [0.15, 0.2) is 11.6 Å². The number of halogens is 1. The number of carbonyl (C=O) groups excluding carboxylic acids is 3. The Bertz CT molecular complexity index is 3340. The summed E-state index contributed by atoms with van der Waals surface area (Å²) in [6.07, 6.45) is 12.6. The van der Waals surface area contributed by atoms with E-state index in [1.165, 1.54) is 41.4 Å². The molecule has 0 spiro atoms. The van der Waals surface area contributed by atoms with E-state index < -0.39 is 11.9 Å². The first-order chi connectivity index (χ1) is 40.9. The predicted octanol–water partition coefficient (Wildman–Crippen LogP) is 7.64. The molecule has 0 aliphatic heterocycles. The number of aryl methyl sites for hydroxylation is 5. The number of aromatic nitrogens is 6. The number of hydrogen-bond donors (Lipinski definition) is 5. The van der Waals surface area contributed by atoms with Crippen LogP contribution in [0.15, 0.2) is 110 Å². The van der Waals surface area contributed by atoms with Crippen LogP contribution in [0.1, 0.15) is 72.2 Å². The summed E-state index contributed by atoms with van der Waals surface area (Å²) in [5, 5.41) is 27.7. The maximum atomic E-state index is 11.4. The molecule has 88 heavy (non-hydrogen) atoms. The number of aromatic amines is 1. The number of hydrazine groups is 1. The number of alkyl halides is 1. The number of benzene rings is 5. The molecule has 2 heterocycles. The first-order valence-corrected chi connectivity index (χ1v) is 29.4. The number of H-pyrrole nitrogens is 1. The standard InChI is InChI=1S/C16H19N3O3.C10H11N3O.C10H13NOS.C9H11NOS.C9H9NO.C6H8O2.CH3I.CH4N2O.Na.H2S/c1-11(2)22-15(20)5-6-19-10-17-16(18-19)13-7-12(3)8-14(9-13)21-4;1-7-3-8(5-9(4-7)14-2)10-11-6-12-13-10;1-7-4-8(10(11)13-3)6-9(5-7)12-2;1-6-3-7(9(10)12)5-8(4-6)11-2;1-7-3-8(6-10)5-9(4-7)11-2;1-4-6(7)8-5(2)3;1-2;2-3-1-4;;/h5-11H,1-4H3;3-6H,1-2H3,(H,11,12,13);4-6,11H,1-3H3;3-5H,1-2H3,(H2,10,12);3-5H,1-2H3;1,5H,2-3H3;1H3;1H,2H2,(H,3,4);;1H2/q;;;;;;;;+1;/p-1/b6-5-;;;;;;;;;. The van der Waals surface area contributed by atoms with Gasteiger partial charge < -0.3 is 52.4 Å². The molecule has 26 heteroatoms. The van der Waals surface area contributed by atoms with Gasteiger partial charge in [0.1, 0.15) is 46.4 Å². The van der Waals surface area contributed by atoms with Crippen molar-refractivity contribution in [1.29, 1.82) is 10.7 Å². The Morgan fingerprint density at radius 3 is 1.57 bits per heavy atom. The summed E-state index contributed by atoms with van der Waals surface area (Å²) < 4.78 is 36.6. The Labute approximate surface area is 570 Å². The SMILES string of the molecule is C#CC(=O)OC(C)C.CI.COc1cc(C)cc(-c2ncn(/C=C\C(=O)OC(C)C)n2)c1.COc1cc(C)cc(-c2ncn[nH]2)c1.COc1cc(C)cc(C#N)c1.COc1cc(C)cc(C(=N)SC)c1.COc1cc(C)cc(C(N)=S)c1.NNC=O.[Na+].[SH-]. The van der Waals surface area contributed by atoms with Gasteiger partial charge in [-0.2, -0.15) is 10.4 Å². The van der Waals surface area contributed by atoms with Crippen LogP contribution in [0.25, 0.3) is 29.0 Å². The normalized spacial score (nSPS) is 9.30. The average Bonchev–Trinajstić information content (AvgIpc) is 4.43. The first-order valence-electron chi connectivity index (χ1n) is 25.6. The van der Waals surface area contributed by atoms with Crippen LogP contribution in [-0.4, -0.2) is 117 Å². The van der Waals surface area contributed by atoms with Gasteiger partial charge in [0.2, 0.25) is 6.41 Å². The van der Waals surface area contributed by atoms with Gasteiger partial charge in [0.05, 0.1) is 64.4 Å². The molecule has 0 saturated heterocycles. The monoisotopic (exact) mass is 1380 g/mol. The number of nitrogens with two attached hydrogens (primary N) is 2. The van der Waals surface area contributed by atoms with E-state index in [2.05, 4.69) is 64.5 Å². The van der Waals surface area contributed by atoms with Crippen LogP contribution in [0.2, 0.25) is 0 Å². The van der Waals surface area contributed by atoms with Crippen molar-refractivity contribution in [2.75, 3.05) is 46.7 Å². The number of amides is 1. The van der Waals surface area contributed by atoms with Crippen LogP contribution in [0.3, 0.4) is 0 Å². The molecule has 0 atom stereocenters. The van der Waals surface area contributed by atoms with Gasteiger partial charge in [-0.05, 0) is 192 Å². The fourth-order valence-electron chi connectivity index (χ4n) is 6.53. The Hall–Kier alpha value is -7.47. The Morgan fingerprint density at radius 2 is 1.16 bits per heavy atom. The molecule has 0 saturated carbocycles. The van der Waals surface area contributed by atoms with Crippen molar-refractivity contribution in [1.82, 2.24) is 35.4 Å². The van der Waals surface area contributed by atoms with E-state index in [0.717, 1.165) is 84.6 Å². The van der Waals surface area contributed by atoms with Gasteiger partial charge in [0.25, 0.3) is 0 Å². The summed E-state index contributed by atoms with van der Waals surface area (Å²) in [6.45, 7) is 17.0. The predicted molar refractivity (Wildman–Crippen MR) is 363 cm³/mol. The van der Waals surface area contributed by atoms with Gasteiger partial charge in [-0.15, -0.1) is 23.3 Å². The van der Waals surface area contributed by atoms with Crippen LogP contribution in [0.4, 0.5) is 0 Å². The zero-order valence-corrected chi connectivity index (χ0v) is 59.5. The van der Waals surface area contributed by atoms with Gasteiger partial charge in [-0.3, -0.25) is 20.7 Å². The topological polar surface area (TPSA) is 300 Å². The average molecular weight is 1380 g/mol. The molecule has 0 unspecified atom stereocenters. The number of ether oxygens (including phenoxy) is 7. The summed E-state index contributed by atoms with van der Waals surface area (Å²) >= 11 is 8.43. The second kappa shape index (κ2) is 48.5. The maximum Gasteiger partial charge on any atom is 1.00 e. The van der Waals surface area contributed by atoms with E-state index in [1.807, 2.05) is 137 Å². The number of hydrogen-bond acceptors (Lipinski definition) is 20. The largest absolute Gasteiger partial charge is 1.00 e. The molecular formula is C62H79IN11NaO10S3. The van der Waals surface area contributed by atoms with Crippen molar-refractivity contribution in [2.45, 2.75) is 74.5 Å². The maximum absolute atomic E-state index is 11.4. The summed E-state index contributed by atoms with van der Waals surface area (Å²) in [5.41, 5.74) is 16.9. The third-order valence-corrected chi connectivity index (χ3v) is 10.9. The van der Waals surface area contributed by atoms with E-state index in [9.17, 15) is 9.59 Å². The zero-order valence-electron chi connectivity index (χ0n) is 52.8. The molecule has 0 aliphatic rings. The second-order valence-electron chi connectivity index (χ2n) is 17.8. The molecule has 7 aromatic rings. The first kappa shape index (κ1) is 84.7. The summed E-state index contributed by atoms with van der Waals surface area (Å²) in [4.78, 5) is 41.2. The number of thioether (sulfide) groups is 1. The van der Waals surface area contributed by atoms with Crippen molar-refractivity contribution in [3.63, 3.8) is 0 Å². The third kappa shape index (κ3) is 36.0. The summed E-state index contributed by atoms with van der Waals surface area (Å²) in [7, 11) is 8.13. The Morgan fingerprint density at radius 1 is 0.727 bits per heavy atom. The van der Waals surface area contributed by atoms with Crippen molar-refractivity contribution in [2.24, 2.45) is 11.6 Å². The van der Waals surface area contributed by atoms with E-state index in [4.69, 9.17) is 68.3 Å². The molecule has 0 radical (unpaired) electrons. The molecule has 21 nitrogen and oxygen atoms in total. The number of thiocarbonyl (C=S) groups is 1. The van der Waals surface area contributed by atoms with Gasteiger partial charge >= 0.3 is 41.5 Å². The molecule has 0 bridgehead atoms. The second-order valence-corrected chi connectivity index (χ2v) is 19.0. The number of nitriles is 1. The van der Waals surface area contributed by atoms with Crippen LogP contribution in [0.5, 0.6) is 28.7 Å². The van der Waals surface area contributed by atoms with Crippen LogP contribution >= 0.6 is 46.6 Å². The number of carbonyl (C=O) groups is 3. The minimum Gasteiger partial charge on any atom is -0.813 e. The molecule has 0 fully saturated rings. The van der Waals surface area contributed by atoms with Crippen molar-refractivity contribution < 1.29 is 77.1 Å². The third-order valence-electron chi connectivity index (χ3n) is 10.0. The van der Waals surface area contributed by atoms with E-state index in [0.29, 0.717) is 27.8 Å². The van der Waals surface area contributed by atoms with Crippen LogP contribution < -0.4 is 70.2 Å². The van der Waals surface area contributed by atoms with E-state index in [1.54, 1.807) is 74.7 Å². The van der Waals surface area contributed by atoms with Crippen molar-refractivity contribution in [3.8, 4) is 69.9 Å². The number of nitrogens with zero attached hydrogens (tertiary/aromatic N) is 6. The molecule has 2 aromatic heterocycles. The minimum absolute atomic E-state index is 0. The molecule has 0 aliphatic carbocycles. The van der Waals surface area contributed by atoms with E-state index in [-0.39, 0.29) is 55.3 Å². The Balaban J connectivity index is -0.000000986. The zero-order chi connectivity index (χ0) is 65.3. The number of esters is 2. The number of thiol groups is 1. The minimum atomic E-state index is -0.597. The Kier molecular flexibility index (Phi) is 46.7. The van der Waals surface area contributed by atoms with E-state index >= 15 is 0 Å². The van der Waals surface area contributed by atoms with Crippen molar-refractivity contribution >= 4 is 94.6 Å². The van der Waals surface area contributed by atoms with Crippen molar-refractivity contribution in [3.05, 3.63) is 154 Å². The molecule has 5 aromatic carbocycles. The van der Waals surface area contributed by atoms with Crippen LogP contribution in [0, 0.1) is 63.7 Å². The molecule has 1 amide bonds. The summed E-state index contributed by atoms with van der Waals surface area (Å²) in [5.74, 6) is 10.5. The number of methoxy groups -OCH3 is 5. The number of nitrogens with one attached hydrogen (secondary N) is 3. The molecule has 7 N–H and O–H groups in total. The molecule has 7 rings (SSSR count). The number of terminal acetylenes is 1. The summed E-state index contributed by atoms with van der Waals surface area (Å²) in [6, 6.07) is 30.7. The smallest absolute Gasteiger partial charge is 0.813 e.